The van der Waals surface area contributed by atoms with E-state index in [1.165, 1.54) is 57.1 Å². The van der Waals surface area contributed by atoms with Crippen molar-refractivity contribution in [1.82, 2.24) is 24.8 Å². The Morgan fingerprint density at radius 3 is 2.23 bits per heavy atom. The van der Waals surface area contributed by atoms with Crippen molar-refractivity contribution < 1.29 is 22.7 Å². The van der Waals surface area contributed by atoms with Crippen molar-refractivity contribution in [1.29, 1.82) is 5.26 Å². The molecular weight excluding hydrogens is 631 g/mol. The molecule has 0 aliphatic carbocycles. The van der Waals surface area contributed by atoms with Gasteiger partial charge in [-0.1, -0.05) is 56.3 Å². The van der Waals surface area contributed by atoms with Gasteiger partial charge in [0.15, 0.2) is 11.6 Å². The van der Waals surface area contributed by atoms with Crippen molar-refractivity contribution in [2.75, 3.05) is 58.3 Å². The van der Waals surface area contributed by atoms with Crippen LogP contribution in [0.2, 0.25) is 5.02 Å². The predicted molar refractivity (Wildman–Crippen MR) is 180 cm³/mol. The van der Waals surface area contributed by atoms with Crippen molar-refractivity contribution >= 4 is 45.0 Å². The van der Waals surface area contributed by atoms with E-state index < -0.39 is 23.4 Å². The van der Waals surface area contributed by atoms with Crippen LogP contribution < -0.4 is 9.64 Å². The minimum atomic E-state index is -1.02. The number of benzene rings is 2. The number of carbonyl (C=O) groups is 1. The summed E-state index contributed by atoms with van der Waals surface area (Å²) in [7, 11) is 3.54. The van der Waals surface area contributed by atoms with Gasteiger partial charge in [0, 0.05) is 50.2 Å². The largest absolute Gasteiger partial charge is 0.467 e. The van der Waals surface area contributed by atoms with E-state index in [2.05, 4.69) is 33.5 Å². The maximum atomic E-state index is 16.0. The molecule has 13 heteroatoms. The van der Waals surface area contributed by atoms with Gasteiger partial charge in [-0.05, 0) is 44.4 Å². The molecular formula is C34H39ClF3N7O2. The van der Waals surface area contributed by atoms with Gasteiger partial charge in [-0.25, -0.2) is 13.2 Å². The molecule has 0 bridgehead atoms. The first kappa shape index (κ1) is 37.0. The molecule has 47 heavy (non-hydrogen) atoms. The molecule has 0 unspecified atom stereocenters. The molecule has 4 heterocycles. The van der Waals surface area contributed by atoms with Crippen molar-refractivity contribution in [3.05, 3.63) is 65.6 Å². The van der Waals surface area contributed by atoms with Crippen LogP contribution in [0.5, 0.6) is 6.01 Å². The number of likely N-dealkylation sites (tertiary alicyclic amines) is 1. The molecule has 250 valence electrons. The highest BCUT2D eigenvalue weighted by Crippen LogP contribution is 2.38. The van der Waals surface area contributed by atoms with Crippen LogP contribution >= 0.6 is 11.6 Å². The molecule has 2 fully saturated rings. The molecule has 0 saturated carbocycles. The number of anilines is 1. The monoisotopic (exact) mass is 669 g/mol. The number of nitriles is 1. The number of amides is 1. The van der Waals surface area contributed by atoms with E-state index in [1.54, 1.807) is 30.3 Å². The van der Waals surface area contributed by atoms with Crippen molar-refractivity contribution in [2.24, 2.45) is 0 Å². The molecule has 1 amide bonds. The van der Waals surface area contributed by atoms with Crippen LogP contribution in [0.15, 0.2) is 48.9 Å². The number of fused-ring (bicyclic) bond motifs is 2. The van der Waals surface area contributed by atoms with E-state index >= 15 is 4.39 Å². The molecule has 4 aromatic rings. The number of methoxy groups -OCH3 is 1. The number of ether oxygens (including phenoxy) is 1. The van der Waals surface area contributed by atoms with Crippen LogP contribution in [0.1, 0.15) is 33.6 Å². The number of halogens is 4. The Kier molecular flexibility index (Phi) is 13.7. The SMILES string of the molecule is C=C(F)C(=O)N1CCN(c2nc(OC)nc3c(F)c(-c4cccc5ccc(F)c(Cl)c45)ncc23)CC1.CC.CC#N.CN1CCCC1. The molecule has 2 saturated heterocycles. The second-order valence-corrected chi connectivity index (χ2v) is 10.8. The molecule has 6 rings (SSSR count). The second kappa shape index (κ2) is 17.4. The highest BCUT2D eigenvalue weighted by molar-refractivity contribution is 6.36. The van der Waals surface area contributed by atoms with Crippen LogP contribution in [0, 0.1) is 23.0 Å². The average molecular weight is 670 g/mol. The van der Waals surface area contributed by atoms with Gasteiger partial charge in [0.05, 0.1) is 23.6 Å². The third-order valence-electron chi connectivity index (χ3n) is 7.44. The molecule has 2 aliphatic heterocycles. The average Bonchev–Trinajstić information content (AvgIpc) is 3.58. The summed E-state index contributed by atoms with van der Waals surface area (Å²) in [5.41, 5.74) is 0.223. The number of rotatable bonds is 4. The summed E-state index contributed by atoms with van der Waals surface area (Å²) in [5, 5.41) is 8.48. The van der Waals surface area contributed by atoms with E-state index in [9.17, 15) is 13.6 Å². The van der Waals surface area contributed by atoms with Gasteiger partial charge in [-0.2, -0.15) is 15.2 Å². The Labute approximate surface area is 278 Å². The Morgan fingerprint density at radius 2 is 1.68 bits per heavy atom. The third kappa shape index (κ3) is 8.67. The molecule has 0 N–H and O–H groups in total. The summed E-state index contributed by atoms with van der Waals surface area (Å²) in [5.74, 6) is -2.79. The summed E-state index contributed by atoms with van der Waals surface area (Å²) in [6.07, 6.45) is 4.27. The van der Waals surface area contributed by atoms with Crippen LogP contribution in [0.3, 0.4) is 0 Å². The zero-order chi connectivity index (χ0) is 34.7. The van der Waals surface area contributed by atoms with Gasteiger partial charge < -0.3 is 19.4 Å². The highest BCUT2D eigenvalue weighted by atomic mass is 35.5. The second-order valence-electron chi connectivity index (χ2n) is 10.4. The first-order valence-corrected chi connectivity index (χ1v) is 15.6. The predicted octanol–water partition coefficient (Wildman–Crippen LogP) is 7.19. The minimum absolute atomic E-state index is 0.0398. The lowest BCUT2D eigenvalue weighted by Gasteiger charge is -2.35. The number of nitrogens with zero attached hydrogens (tertiary/aromatic N) is 7. The first-order chi connectivity index (χ1) is 22.6. The van der Waals surface area contributed by atoms with Gasteiger partial charge in [-0.15, -0.1) is 0 Å². The molecule has 0 radical (unpaired) electrons. The van der Waals surface area contributed by atoms with E-state index in [0.717, 1.165) is 0 Å². The van der Waals surface area contributed by atoms with Crippen LogP contribution in [0.25, 0.3) is 32.9 Å². The Balaban J connectivity index is 0.000000472. The van der Waals surface area contributed by atoms with Crippen molar-refractivity contribution in [2.45, 2.75) is 33.6 Å². The van der Waals surface area contributed by atoms with Crippen LogP contribution in [-0.4, -0.2) is 84.1 Å². The Morgan fingerprint density at radius 1 is 1.04 bits per heavy atom. The molecule has 2 aromatic carbocycles. The number of hydrogen-bond donors (Lipinski definition) is 0. The summed E-state index contributed by atoms with van der Waals surface area (Å²) in [6, 6.07) is 9.56. The smallest absolute Gasteiger partial charge is 0.318 e. The molecule has 9 nitrogen and oxygen atoms in total. The van der Waals surface area contributed by atoms with Gasteiger partial charge in [0.1, 0.15) is 22.8 Å². The van der Waals surface area contributed by atoms with E-state index in [-0.39, 0.29) is 35.3 Å². The van der Waals surface area contributed by atoms with Crippen molar-refractivity contribution in [3.63, 3.8) is 0 Å². The maximum absolute atomic E-state index is 16.0. The number of aromatic nitrogens is 3. The Hall–Kier alpha value is -4.47. The lowest BCUT2D eigenvalue weighted by Crippen LogP contribution is -2.49. The lowest BCUT2D eigenvalue weighted by molar-refractivity contribution is -0.128. The number of carbonyl (C=O) groups excluding carboxylic acids is 1. The minimum Gasteiger partial charge on any atom is -0.467 e. The van der Waals surface area contributed by atoms with Gasteiger partial charge in [0.25, 0.3) is 5.91 Å². The van der Waals surface area contributed by atoms with E-state index in [0.29, 0.717) is 40.6 Å². The first-order valence-electron chi connectivity index (χ1n) is 15.3. The topological polar surface area (TPSA) is 98.5 Å². The fraction of sp³-hybridized carbons (Fsp3) is 0.382. The molecule has 0 spiro atoms. The lowest BCUT2D eigenvalue weighted by atomic mass is 10.0. The third-order valence-corrected chi connectivity index (χ3v) is 7.81. The van der Waals surface area contributed by atoms with Gasteiger partial charge in [0.2, 0.25) is 0 Å². The Bertz CT molecular complexity index is 1750. The number of pyridine rings is 1. The normalized spacial score (nSPS) is 14.2. The zero-order valence-electron chi connectivity index (χ0n) is 27.3. The number of hydrogen-bond acceptors (Lipinski definition) is 8. The standard InChI is InChI=1S/C25H19ClF3N5O2.C5H11N.C2H3N.C2H6/c1-13(27)24(35)34-10-8-33(9-11-34)23-16-12-30-21(20(29)22(16)31-25(32-23)36-2)15-5-3-4-14-6-7-17(28)19(26)18(14)15;1-6-4-2-3-5-6;1-2-3;1-2/h3-7,12H,1,8-11H2,2H3;2-5H2,1H3;1H3;1-2H3. The number of piperazine rings is 1. The molecule has 2 aromatic heterocycles. The van der Waals surface area contributed by atoms with E-state index in [4.69, 9.17) is 21.6 Å². The van der Waals surface area contributed by atoms with Gasteiger partial charge >= 0.3 is 6.01 Å². The highest BCUT2D eigenvalue weighted by Gasteiger charge is 2.27. The van der Waals surface area contributed by atoms with Gasteiger partial charge in [-0.3, -0.25) is 9.78 Å². The summed E-state index contributed by atoms with van der Waals surface area (Å²) in [6.45, 7) is 12.2. The fourth-order valence-corrected chi connectivity index (χ4v) is 5.49. The van der Waals surface area contributed by atoms with Crippen molar-refractivity contribution in [3.8, 4) is 23.3 Å². The summed E-state index contributed by atoms with van der Waals surface area (Å²) in [4.78, 5) is 30.4. The van der Waals surface area contributed by atoms with Crippen LogP contribution in [-0.2, 0) is 4.79 Å². The summed E-state index contributed by atoms with van der Waals surface area (Å²) >= 11 is 6.25. The fourth-order valence-electron chi connectivity index (χ4n) is 5.22. The quantitative estimate of drug-likeness (QED) is 0.211. The molecule has 2 aliphatic rings. The summed E-state index contributed by atoms with van der Waals surface area (Å²) < 4.78 is 48.7. The zero-order valence-corrected chi connectivity index (χ0v) is 28.0. The maximum Gasteiger partial charge on any atom is 0.318 e. The molecule has 0 atom stereocenters. The van der Waals surface area contributed by atoms with E-state index in [1.807, 2.05) is 18.7 Å². The van der Waals surface area contributed by atoms with Crippen LogP contribution in [0.4, 0.5) is 19.0 Å².